The van der Waals surface area contributed by atoms with Gasteiger partial charge in [-0.25, -0.2) is 10.4 Å². The lowest BCUT2D eigenvalue weighted by Crippen LogP contribution is -3.00. The van der Waals surface area contributed by atoms with Gasteiger partial charge in [0.1, 0.15) is 11.3 Å². The Bertz CT molecular complexity index is 581. The number of aromatic nitrogens is 2. The third-order valence-corrected chi connectivity index (χ3v) is 2.47. The van der Waals surface area contributed by atoms with Crippen LogP contribution in [0.4, 0.5) is 0 Å². The van der Waals surface area contributed by atoms with Gasteiger partial charge in [0.2, 0.25) is 0 Å². The number of halogens is 2. The van der Waals surface area contributed by atoms with Gasteiger partial charge in [-0.2, -0.15) is 4.53 Å². The van der Waals surface area contributed by atoms with E-state index in [2.05, 4.69) is 15.4 Å². The zero-order chi connectivity index (χ0) is 13.7. The van der Waals surface area contributed by atoms with Crippen LogP contribution in [0.15, 0.2) is 48.9 Å². The molecular formula is C12H10Cl2N4O2. The number of hydrogen-bond donors (Lipinski definition) is 1. The summed E-state index contributed by atoms with van der Waals surface area (Å²) in [5.74, 6) is -1.12. The number of amides is 2. The van der Waals surface area contributed by atoms with Gasteiger partial charge >= 0.3 is 0 Å². The molecule has 0 fully saturated rings. The maximum absolute atomic E-state index is 11.9. The van der Waals surface area contributed by atoms with Crippen molar-refractivity contribution >= 4 is 23.6 Å². The van der Waals surface area contributed by atoms with E-state index in [9.17, 15) is 9.59 Å². The summed E-state index contributed by atoms with van der Waals surface area (Å²) in [5.41, 5.74) is 2.71. The number of carbonyl (C=O) groups is 2. The Morgan fingerprint density at radius 1 is 1.25 bits per heavy atom. The van der Waals surface area contributed by atoms with Crippen LogP contribution in [0.3, 0.4) is 0 Å². The summed E-state index contributed by atoms with van der Waals surface area (Å²) in [4.78, 5) is 30.2. The molecule has 0 bridgehead atoms. The second kappa shape index (κ2) is 7.42. The maximum Gasteiger partial charge on any atom is 0.293 e. The summed E-state index contributed by atoms with van der Waals surface area (Å²) < 4.78 is 0.597. The van der Waals surface area contributed by atoms with Crippen molar-refractivity contribution in [2.75, 3.05) is 0 Å². The van der Waals surface area contributed by atoms with Gasteiger partial charge in [0.25, 0.3) is 11.8 Å². The minimum absolute atomic E-state index is 0. The van der Waals surface area contributed by atoms with Gasteiger partial charge in [0, 0.05) is 24.0 Å². The summed E-state index contributed by atoms with van der Waals surface area (Å²) in [5, 5.41) is 0. The van der Waals surface area contributed by atoms with Gasteiger partial charge in [-0.15, -0.1) is 0 Å². The predicted molar refractivity (Wildman–Crippen MR) is 66.7 cm³/mol. The second-order valence-corrected chi connectivity index (χ2v) is 3.87. The highest BCUT2D eigenvalue weighted by molar-refractivity contribution is 6.24. The average molecular weight is 313 g/mol. The van der Waals surface area contributed by atoms with Gasteiger partial charge < -0.3 is 12.4 Å². The highest BCUT2D eigenvalue weighted by Gasteiger charge is 2.18. The van der Waals surface area contributed by atoms with Crippen LogP contribution in [-0.4, -0.2) is 21.3 Å². The monoisotopic (exact) mass is 312 g/mol. The molecule has 0 saturated carbocycles. The minimum atomic E-state index is -0.566. The first kappa shape index (κ1) is 15.9. The molecule has 0 aliphatic rings. The van der Waals surface area contributed by atoms with E-state index in [0.717, 1.165) is 0 Å². The molecule has 20 heavy (non-hydrogen) atoms. The summed E-state index contributed by atoms with van der Waals surface area (Å²) >= 11 is 5.72. The summed E-state index contributed by atoms with van der Waals surface area (Å²) in [6.45, 7) is 0. The number of rotatable bonds is 2. The molecule has 0 spiro atoms. The van der Waals surface area contributed by atoms with E-state index in [1.54, 1.807) is 30.5 Å². The van der Waals surface area contributed by atoms with Crippen molar-refractivity contribution in [1.29, 1.82) is 0 Å². The average Bonchev–Trinajstić information content (AvgIpc) is 2.48. The number of pyridine rings is 2. The number of H-pyrrole nitrogens is 1. The summed E-state index contributed by atoms with van der Waals surface area (Å²) in [6, 6.07) is 8.08. The van der Waals surface area contributed by atoms with Crippen LogP contribution >= 0.6 is 11.8 Å². The molecule has 0 aliphatic carbocycles. The maximum atomic E-state index is 11.9. The van der Waals surface area contributed by atoms with Crippen LogP contribution in [0.25, 0.3) is 0 Å². The van der Waals surface area contributed by atoms with Crippen LogP contribution in [0.5, 0.6) is 0 Å². The number of aromatic amines is 1. The fourth-order valence-corrected chi connectivity index (χ4v) is 1.51. The molecule has 2 aromatic rings. The largest absolute Gasteiger partial charge is 1.00 e. The molecule has 0 aliphatic heterocycles. The van der Waals surface area contributed by atoms with E-state index >= 15 is 0 Å². The Labute approximate surface area is 126 Å². The van der Waals surface area contributed by atoms with Crippen molar-refractivity contribution in [3.8, 4) is 0 Å². The van der Waals surface area contributed by atoms with E-state index in [1.165, 1.54) is 18.5 Å². The van der Waals surface area contributed by atoms with Crippen molar-refractivity contribution in [3.63, 3.8) is 0 Å². The van der Waals surface area contributed by atoms with E-state index in [-0.39, 0.29) is 18.1 Å². The van der Waals surface area contributed by atoms with Crippen LogP contribution in [0, 0.1) is 0 Å². The lowest BCUT2D eigenvalue weighted by molar-refractivity contribution is -0.378. The van der Waals surface area contributed by atoms with E-state index < -0.39 is 11.8 Å². The highest BCUT2D eigenvalue weighted by Crippen LogP contribution is 2.03. The smallest absolute Gasteiger partial charge is 0.293 e. The second-order valence-electron chi connectivity index (χ2n) is 3.53. The van der Waals surface area contributed by atoms with Crippen LogP contribution in [-0.2, 0) is 0 Å². The first-order valence-electron chi connectivity index (χ1n) is 5.37. The molecule has 0 unspecified atom stereocenters. The first-order chi connectivity index (χ1) is 9.18. The molecule has 104 valence electrons. The number of nitrogens with zero attached hydrogens (tertiary/aromatic N) is 2. The molecule has 8 heteroatoms. The third kappa shape index (κ3) is 3.91. The van der Waals surface area contributed by atoms with Crippen LogP contribution in [0.1, 0.15) is 20.8 Å². The quantitative estimate of drug-likeness (QED) is 0.507. The van der Waals surface area contributed by atoms with Gasteiger partial charge in [0.05, 0.1) is 0 Å². The van der Waals surface area contributed by atoms with Crippen LogP contribution in [0.2, 0.25) is 0 Å². The third-order valence-electron chi connectivity index (χ3n) is 2.23. The predicted octanol–water partition coefficient (Wildman–Crippen LogP) is -2.16. The van der Waals surface area contributed by atoms with E-state index in [0.29, 0.717) is 10.1 Å². The Morgan fingerprint density at radius 3 is 2.65 bits per heavy atom. The highest BCUT2D eigenvalue weighted by atomic mass is 35.5. The molecule has 0 radical (unpaired) electrons. The van der Waals surface area contributed by atoms with E-state index in [1.807, 2.05) is 0 Å². The molecule has 2 heterocycles. The fraction of sp³-hybridized carbons (Fsp3) is 0. The van der Waals surface area contributed by atoms with Gasteiger partial charge in [-0.3, -0.25) is 14.6 Å². The Balaban J connectivity index is 0.00000200. The lowest BCUT2D eigenvalue weighted by Gasteiger charge is -2.13. The summed E-state index contributed by atoms with van der Waals surface area (Å²) in [6.07, 6.45) is 4.61. The number of hydrazine groups is 1. The van der Waals surface area contributed by atoms with Gasteiger partial charge in [0.15, 0.2) is 12.4 Å². The molecule has 0 aromatic carbocycles. The van der Waals surface area contributed by atoms with Crippen LogP contribution < -0.4 is 22.8 Å². The topological polar surface area (TPSA) is 76.4 Å². The normalized spacial score (nSPS) is 9.25. The Morgan fingerprint density at radius 2 is 2.05 bits per heavy atom. The van der Waals surface area contributed by atoms with Crippen molar-refractivity contribution in [3.05, 3.63) is 60.2 Å². The molecule has 2 N–H and O–H groups in total. The molecule has 0 atom stereocenters. The zero-order valence-corrected chi connectivity index (χ0v) is 11.6. The van der Waals surface area contributed by atoms with Gasteiger partial charge in [-0.1, -0.05) is 6.07 Å². The van der Waals surface area contributed by atoms with Crippen molar-refractivity contribution in [2.45, 2.75) is 0 Å². The minimum Gasteiger partial charge on any atom is -1.00 e. The fourth-order valence-electron chi connectivity index (χ4n) is 1.33. The van der Waals surface area contributed by atoms with Gasteiger partial charge in [-0.05, 0) is 18.2 Å². The first-order valence-corrected chi connectivity index (χ1v) is 5.70. The molecule has 2 aromatic heterocycles. The standard InChI is InChI=1S/C12H9ClN4O2.ClH/c13-17(12(19)9-4-3-6-14-8-9)16-11(18)10-5-1-2-7-15-10;/h1-8H,(H,16,18);1H. The van der Waals surface area contributed by atoms with E-state index in [4.69, 9.17) is 11.8 Å². The summed E-state index contributed by atoms with van der Waals surface area (Å²) in [7, 11) is 0. The molecule has 2 rings (SSSR count). The van der Waals surface area contributed by atoms with Crippen molar-refractivity contribution in [1.82, 2.24) is 14.9 Å². The molecular weight excluding hydrogens is 303 g/mol. The Kier molecular flexibility index (Phi) is 5.89. The Hall–Kier alpha value is -2.18. The zero-order valence-electron chi connectivity index (χ0n) is 10.1. The van der Waals surface area contributed by atoms with Crippen molar-refractivity contribution in [2.24, 2.45) is 0 Å². The molecule has 6 nitrogen and oxygen atoms in total. The molecule has 2 amide bonds. The number of nitrogens with one attached hydrogen (secondary N) is 2. The SMILES string of the molecule is O=C(NN(Cl)C(=O)c1ccc[nH+]c1)c1ccccn1.[Cl-]. The molecule has 0 saturated heterocycles. The number of carbonyl (C=O) groups excluding carboxylic acids is 2. The van der Waals surface area contributed by atoms with Crippen molar-refractivity contribution < 1.29 is 27.0 Å². The lowest BCUT2D eigenvalue weighted by atomic mass is 10.3. The number of hydrogen-bond acceptors (Lipinski definition) is 3.